The van der Waals surface area contributed by atoms with Crippen LogP contribution in [0.1, 0.15) is 18.4 Å². The van der Waals surface area contributed by atoms with Crippen molar-refractivity contribution in [2.24, 2.45) is 0 Å². The van der Waals surface area contributed by atoms with Gasteiger partial charge in [-0.3, -0.25) is 0 Å². The average molecular weight is 315 g/mol. The third-order valence-corrected chi connectivity index (χ3v) is 5.25. The quantitative estimate of drug-likeness (QED) is 0.715. The van der Waals surface area contributed by atoms with Crippen molar-refractivity contribution in [3.8, 4) is 0 Å². The Morgan fingerprint density at radius 3 is 3.09 bits per heavy atom. The Hall–Kier alpha value is -1.99. The van der Waals surface area contributed by atoms with E-state index in [1.165, 1.54) is 17.7 Å². The van der Waals surface area contributed by atoms with Gasteiger partial charge in [-0.25, -0.2) is 15.0 Å². The summed E-state index contributed by atoms with van der Waals surface area (Å²) < 4.78 is 0.893. The number of nitrogens with two attached hydrogens (primary N) is 1. The van der Waals surface area contributed by atoms with Crippen molar-refractivity contribution in [3.63, 3.8) is 0 Å². The van der Waals surface area contributed by atoms with E-state index in [9.17, 15) is 5.11 Å². The van der Waals surface area contributed by atoms with Crippen LogP contribution in [0.2, 0.25) is 0 Å². The smallest absolute Gasteiger partial charge is 0.144 e. The molecule has 22 heavy (non-hydrogen) atoms. The second-order valence-electron chi connectivity index (χ2n) is 5.76. The summed E-state index contributed by atoms with van der Waals surface area (Å²) in [6.45, 7) is 3.64. The molecular formula is C15H17N5OS. The van der Waals surface area contributed by atoms with Crippen molar-refractivity contribution in [1.82, 2.24) is 15.0 Å². The first-order valence-electron chi connectivity index (χ1n) is 7.37. The number of β-amino-alcohol motifs (C(OH)–C–C–N with tert-alkyl or cyclic N) is 1. The molecule has 4 rings (SSSR count). The summed E-state index contributed by atoms with van der Waals surface area (Å²) in [5.41, 5.74) is 7.96. The highest BCUT2D eigenvalue weighted by molar-refractivity contribution is 7.26. The predicted molar refractivity (Wildman–Crippen MR) is 89.3 cm³/mol. The van der Waals surface area contributed by atoms with Crippen LogP contribution in [0.4, 0.5) is 11.6 Å². The first-order chi connectivity index (χ1) is 10.6. The summed E-state index contributed by atoms with van der Waals surface area (Å²) >= 11 is 1.53. The molecule has 0 bridgehead atoms. The number of aliphatic hydroxyl groups excluding tert-OH is 1. The van der Waals surface area contributed by atoms with E-state index in [0.717, 1.165) is 51.2 Å². The number of nitrogen functional groups attached to an aromatic ring is 1. The van der Waals surface area contributed by atoms with Gasteiger partial charge >= 0.3 is 0 Å². The van der Waals surface area contributed by atoms with E-state index < -0.39 is 0 Å². The number of aromatic nitrogens is 3. The lowest BCUT2D eigenvalue weighted by atomic mass is 10.1. The molecule has 0 radical (unpaired) electrons. The van der Waals surface area contributed by atoms with Crippen LogP contribution >= 0.6 is 11.3 Å². The van der Waals surface area contributed by atoms with Crippen molar-refractivity contribution >= 4 is 43.4 Å². The van der Waals surface area contributed by atoms with Crippen LogP contribution in [0.25, 0.3) is 20.4 Å². The van der Waals surface area contributed by atoms with Gasteiger partial charge in [-0.2, -0.15) is 0 Å². The number of aryl methyl sites for hydroxylation is 1. The second-order valence-corrected chi connectivity index (χ2v) is 6.76. The molecule has 3 aromatic heterocycles. The number of hydrogen-bond acceptors (Lipinski definition) is 7. The van der Waals surface area contributed by atoms with Gasteiger partial charge in [-0.05, 0) is 31.4 Å². The topological polar surface area (TPSA) is 88.2 Å². The summed E-state index contributed by atoms with van der Waals surface area (Å²) in [5.74, 6) is 1.42. The molecule has 1 aliphatic rings. The number of rotatable bonds is 1. The van der Waals surface area contributed by atoms with E-state index >= 15 is 0 Å². The minimum atomic E-state index is -0.268. The SMILES string of the molecule is Cc1cc(N2CCCC(O)C2)nc2sc3c(N)ncnc3c12. The number of pyridine rings is 1. The van der Waals surface area contributed by atoms with Crippen molar-refractivity contribution < 1.29 is 5.11 Å². The van der Waals surface area contributed by atoms with Gasteiger partial charge in [0.1, 0.15) is 22.8 Å². The Morgan fingerprint density at radius 1 is 1.41 bits per heavy atom. The Bertz CT molecular complexity index is 862. The first-order valence-corrected chi connectivity index (χ1v) is 8.18. The molecule has 7 heteroatoms. The molecule has 1 unspecified atom stereocenters. The van der Waals surface area contributed by atoms with E-state index in [-0.39, 0.29) is 6.10 Å². The summed E-state index contributed by atoms with van der Waals surface area (Å²) in [5, 5.41) is 10.9. The van der Waals surface area contributed by atoms with E-state index in [4.69, 9.17) is 10.7 Å². The van der Waals surface area contributed by atoms with Crippen molar-refractivity contribution in [2.75, 3.05) is 23.7 Å². The molecule has 114 valence electrons. The fraction of sp³-hybridized carbons (Fsp3) is 0.400. The highest BCUT2D eigenvalue weighted by Crippen LogP contribution is 2.37. The van der Waals surface area contributed by atoms with E-state index in [0.29, 0.717) is 12.4 Å². The van der Waals surface area contributed by atoms with Crippen LogP contribution in [0, 0.1) is 6.92 Å². The minimum absolute atomic E-state index is 0.268. The molecular weight excluding hydrogens is 298 g/mol. The molecule has 4 heterocycles. The zero-order chi connectivity index (χ0) is 15.3. The van der Waals surface area contributed by atoms with Crippen LogP contribution < -0.4 is 10.6 Å². The third kappa shape index (κ3) is 2.08. The Labute approximate surface area is 131 Å². The van der Waals surface area contributed by atoms with Gasteiger partial charge < -0.3 is 15.7 Å². The van der Waals surface area contributed by atoms with Crippen molar-refractivity contribution in [2.45, 2.75) is 25.9 Å². The normalized spacial score (nSPS) is 19.2. The van der Waals surface area contributed by atoms with Crippen LogP contribution in [-0.4, -0.2) is 39.3 Å². The highest BCUT2D eigenvalue weighted by Gasteiger charge is 2.21. The third-order valence-electron chi connectivity index (χ3n) is 4.16. The first kappa shape index (κ1) is 13.7. The second kappa shape index (κ2) is 5.03. The molecule has 1 fully saturated rings. The molecule has 3 N–H and O–H groups in total. The molecule has 0 aliphatic carbocycles. The maximum absolute atomic E-state index is 9.87. The lowest BCUT2D eigenvalue weighted by Gasteiger charge is -2.31. The van der Waals surface area contributed by atoms with Crippen molar-refractivity contribution in [1.29, 1.82) is 0 Å². The maximum Gasteiger partial charge on any atom is 0.144 e. The monoisotopic (exact) mass is 315 g/mol. The fourth-order valence-corrected chi connectivity index (χ4v) is 4.18. The Morgan fingerprint density at radius 2 is 2.27 bits per heavy atom. The number of thiophene rings is 1. The average Bonchev–Trinajstić information content (AvgIpc) is 2.88. The van der Waals surface area contributed by atoms with Gasteiger partial charge in [0.25, 0.3) is 0 Å². The molecule has 1 aliphatic heterocycles. The summed E-state index contributed by atoms with van der Waals surface area (Å²) in [6.07, 6.45) is 3.09. The van der Waals surface area contributed by atoms with E-state index in [1.54, 1.807) is 0 Å². The van der Waals surface area contributed by atoms with Gasteiger partial charge in [-0.1, -0.05) is 0 Å². The number of hydrogen-bond donors (Lipinski definition) is 2. The summed E-state index contributed by atoms with van der Waals surface area (Å²) in [4.78, 5) is 16.3. The lowest BCUT2D eigenvalue weighted by Crippen LogP contribution is -2.38. The largest absolute Gasteiger partial charge is 0.391 e. The maximum atomic E-state index is 9.87. The Kier molecular flexibility index (Phi) is 3.12. The van der Waals surface area contributed by atoms with Gasteiger partial charge in [0, 0.05) is 18.5 Å². The number of fused-ring (bicyclic) bond motifs is 3. The minimum Gasteiger partial charge on any atom is -0.391 e. The van der Waals surface area contributed by atoms with Gasteiger partial charge in [0.15, 0.2) is 0 Å². The van der Waals surface area contributed by atoms with Crippen molar-refractivity contribution in [3.05, 3.63) is 18.0 Å². The van der Waals surface area contributed by atoms with Gasteiger partial charge in [0.05, 0.1) is 16.3 Å². The van der Waals surface area contributed by atoms with Gasteiger partial charge in [0.2, 0.25) is 0 Å². The van der Waals surface area contributed by atoms with E-state index in [2.05, 4.69) is 27.9 Å². The molecule has 0 amide bonds. The fourth-order valence-electron chi connectivity index (χ4n) is 3.08. The highest BCUT2D eigenvalue weighted by atomic mass is 32.1. The van der Waals surface area contributed by atoms with Crippen LogP contribution in [0.3, 0.4) is 0 Å². The van der Waals surface area contributed by atoms with Crippen LogP contribution in [-0.2, 0) is 0 Å². The lowest BCUT2D eigenvalue weighted by molar-refractivity contribution is 0.154. The Balaban J connectivity index is 1.89. The molecule has 3 aromatic rings. The molecule has 0 aromatic carbocycles. The van der Waals surface area contributed by atoms with Crippen LogP contribution in [0.5, 0.6) is 0 Å². The molecule has 1 atom stereocenters. The number of piperidine rings is 1. The number of aliphatic hydroxyl groups is 1. The molecule has 6 nitrogen and oxygen atoms in total. The predicted octanol–water partition coefficient (Wildman–Crippen LogP) is 2.09. The summed E-state index contributed by atoms with van der Waals surface area (Å²) in [6, 6.07) is 2.07. The number of anilines is 2. The zero-order valence-corrected chi connectivity index (χ0v) is 13.1. The van der Waals surface area contributed by atoms with Gasteiger partial charge in [-0.15, -0.1) is 11.3 Å². The standard InChI is InChI=1S/C15H17N5OS/c1-8-5-10(20-4-2-3-9(21)6-20)19-15-11(8)12-13(22-15)14(16)18-7-17-12/h5,7,9,21H,2-4,6H2,1H3,(H2,16,17,18). The number of nitrogens with zero attached hydrogens (tertiary/aromatic N) is 4. The summed E-state index contributed by atoms with van der Waals surface area (Å²) in [7, 11) is 0. The van der Waals surface area contributed by atoms with E-state index in [1.807, 2.05) is 0 Å². The van der Waals surface area contributed by atoms with Crippen LogP contribution in [0.15, 0.2) is 12.4 Å². The zero-order valence-electron chi connectivity index (χ0n) is 12.3. The molecule has 0 saturated carbocycles. The molecule has 0 spiro atoms. The molecule has 1 saturated heterocycles.